The highest BCUT2D eigenvalue weighted by molar-refractivity contribution is 5.79. The quantitative estimate of drug-likeness (QED) is 0.630. The molecule has 0 aliphatic heterocycles. The molecule has 0 radical (unpaired) electrons. The third-order valence-electron chi connectivity index (χ3n) is 4.03. The van der Waals surface area contributed by atoms with Gasteiger partial charge in [-0.2, -0.15) is 10.5 Å². The van der Waals surface area contributed by atoms with Gasteiger partial charge < -0.3 is 15.5 Å². The average molecular weight is 370 g/mol. The zero-order valence-electron chi connectivity index (χ0n) is 15.1. The molecular formula is C20H18N8. The molecule has 0 saturated carbocycles. The van der Waals surface area contributed by atoms with Crippen LogP contribution in [0.15, 0.2) is 61.1 Å². The lowest BCUT2D eigenvalue weighted by molar-refractivity contribution is 0.895. The van der Waals surface area contributed by atoms with Crippen LogP contribution in [0.25, 0.3) is 0 Å². The largest absolute Gasteiger partial charge is 0.393 e. The maximum Gasteiger partial charge on any atom is 0.163 e. The average Bonchev–Trinajstić information content (AvgIpc) is 2.74. The molecule has 3 aromatic rings. The molecule has 0 aliphatic rings. The predicted octanol–water partition coefficient (Wildman–Crippen LogP) is 2.65. The lowest BCUT2D eigenvalue weighted by atomic mass is 10.2. The van der Waals surface area contributed by atoms with Gasteiger partial charge in [-0.3, -0.25) is 0 Å². The standard InChI is InChI=1S/C20H18N8/c21-9-12-27(13-10-22)19-18(23)20(26-15-25-19)28(17-8-4-5-11-24-17)14-16-6-2-1-3-7-16/h1-8,11,15H,12-14,23H2. The van der Waals surface area contributed by atoms with Crippen LogP contribution in [0.3, 0.4) is 0 Å². The molecule has 0 amide bonds. The van der Waals surface area contributed by atoms with Gasteiger partial charge in [0.25, 0.3) is 0 Å². The van der Waals surface area contributed by atoms with Gasteiger partial charge in [-0.1, -0.05) is 36.4 Å². The first-order chi connectivity index (χ1) is 13.7. The lowest BCUT2D eigenvalue weighted by Gasteiger charge is -2.26. The third-order valence-corrected chi connectivity index (χ3v) is 4.03. The normalized spacial score (nSPS) is 9.93. The fourth-order valence-electron chi connectivity index (χ4n) is 2.76. The molecule has 2 aromatic heterocycles. The smallest absolute Gasteiger partial charge is 0.163 e. The summed E-state index contributed by atoms with van der Waals surface area (Å²) in [5.41, 5.74) is 7.72. The number of benzene rings is 1. The van der Waals surface area contributed by atoms with E-state index in [-0.39, 0.29) is 18.8 Å². The molecule has 28 heavy (non-hydrogen) atoms. The topological polar surface area (TPSA) is 119 Å². The van der Waals surface area contributed by atoms with Crippen molar-refractivity contribution in [1.82, 2.24) is 15.0 Å². The first-order valence-corrected chi connectivity index (χ1v) is 8.56. The Morgan fingerprint density at radius 1 is 0.857 bits per heavy atom. The van der Waals surface area contributed by atoms with Crippen LogP contribution in [-0.4, -0.2) is 28.0 Å². The first kappa shape index (κ1) is 18.6. The van der Waals surface area contributed by atoms with Gasteiger partial charge in [-0.05, 0) is 17.7 Å². The van der Waals surface area contributed by atoms with Gasteiger partial charge in [-0.25, -0.2) is 15.0 Å². The SMILES string of the molecule is N#CCN(CC#N)c1ncnc(N(Cc2ccccc2)c2ccccn2)c1N. The number of nitrogens with two attached hydrogens (primary N) is 1. The van der Waals surface area contributed by atoms with Crippen LogP contribution >= 0.6 is 0 Å². The Hall–Kier alpha value is -4.17. The van der Waals surface area contributed by atoms with Gasteiger partial charge >= 0.3 is 0 Å². The number of pyridine rings is 1. The van der Waals surface area contributed by atoms with E-state index in [4.69, 9.17) is 16.3 Å². The minimum Gasteiger partial charge on any atom is -0.393 e. The summed E-state index contributed by atoms with van der Waals surface area (Å²) in [6.07, 6.45) is 3.08. The van der Waals surface area contributed by atoms with Gasteiger partial charge in [0.15, 0.2) is 11.6 Å². The molecule has 8 nitrogen and oxygen atoms in total. The maximum absolute atomic E-state index is 9.06. The van der Waals surface area contributed by atoms with Crippen LogP contribution < -0.4 is 15.5 Å². The van der Waals surface area contributed by atoms with Crippen molar-refractivity contribution in [2.45, 2.75) is 6.54 Å². The van der Waals surface area contributed by atoms with Gasteiger partial charge in [0, 0.05) is 6.20 Å². The Balaban J connectivity index is 2.06. The van der Waals surface area contributed by atoms with E-state index in [9.17, 15) is 0 Å². The summed E-state index contributed by atoms with van der Waals surface area (Å²) in [6.45, 7) is 0.488. The number of nitrogens with zero attached hydrogens (tertiary/aromatic N) is 7. The van der Waals surface area contributed by atoms with E-state index in [0.29, 0.717) is 24.0 Å². The van der Waals surface area contributed by atoms with Gasteiger partial charge in [0.05, 0.1) is 18.7 Å². The van der Waals surface area contributed by atoms with Crippen molar-refractivity contribution >= 4 is 23.1 Å². The number of nitrogen functional groups attached to an aromatic ring is 1. The zero-order valence-corrected chi connectivity index (χ0v) is 15.1. The Labute approximate surface area is 163 Å². The van der Waals surface area contributed by atoms with Crippen molar-refractivity contribution in [3.63, 3.8) is 0 Å². The van der Waals surface area contributed by atoms with Crippen molar-refractivity contribution in [2.75, 3.05) is 28.6 Å². The molecule has 2 N–H and O–H groups in total. The monoisotopic (exact) mass is 370 g/mol. The van der Waals surface area contributed by atoms with Crippen LogP contribution in [-0.2, 0) is 6.54 Å². The van der Waals surface area contributed by atoms with Crippen LogP contribution in [0.4, 0.5) is 23.1 Å². The number of hydrogen-bond donors (Lipinski definition) is 1. The highest BCUT2D eigenvalue weighted by atomic mass is 15.3. The number of hydrogen-bond acceptors (Lipinski definition) is 8. The molecule has 138 valence electrons. The Kier molecular flexibility index (Phi) is 5.96. The Bertz CT molecular complexity index is 976. The molecule has 0 fully saturated rings. The van der Waals surface area contributed by atoms with Crippen molar-refractivity contribution in [1.29, 1.82) is 10.5 Å². The molecule has 8 heteroatoms. The van der Waals surface area contributed by atoms with Crippen molar-refractivity contribution in [3.8, 4) is 12.1 Å². The Morgan fingerprint density at radius 2 is 1.54 bits per heavy atom. The summed E-state index contributed by atoms with van der Waals surface area (Å²) in [4.78, 5) is 16.4. The molecule has 0 atom stereocenters. The van der Waals surface area contributed by atoms with Crippen LogP contribution in [0.1, 0.15) is 5.56 Å². The minimum atomic E-state index is -0.00349. The summed E-state index contributed by atoms with van der Waals surface area (Å²) < 4.78 is 0. The molecule has 0 spiro atoms. The van der Waals surface area contributed by atoms with E-state index in [0.717, 1.165) is 5.56 Å². The van der Waals surface area contributed by atoms with Crippen molar-refractivity contribution < 1.29 is 0 Å². The molecule has 0 unspecified atom stereocenters. The summed E-state index contributed by atoms with van der Waals surface area (Å²) >= 11 is 0. The molecule has 0 saturated heterocycles. The third kappa shape index (κ3) is 4.14. The summed E-state index contributed by atoms with van der Waals surface area (Å²) in [6, 6.07) is 19.5. The van der Waals surface area contributed by atoms with E-state index in [1.165, 1.54) is 11.2 Å². The van der Waals surface area contributed by atoms with Gasteiger partial charge in [0.1, 0.15) is 30.9 Å². The summed E-state index contributed by atoms with van der Waals surface area (Å²) in [5, 5.41) is 18.1. The van der Waals surface area contributed by atoms with Gasteiger partial charge in [-0.15, -0.1) is 0 Å². The molecule has 0 aliphatic carbocycles. The van der Waals surface area contributed by atoms with E-state index in [1.54, 1.807) is 6.20 Å². The molecular weight excluding hydrogens is 352 g/mol. The summed E-state index contributed by atoms with van der Waals surface area (Å²) in [7, 11) is 0. The highest BCUT2D eigenvalue weighted by Gasteiger charge is 2.21. The van der Waals surface area contributed by atoms with Gasteiger partial charge in [0.2, 0.25) is 0 Å². The molecule has 1 aromatic carbocycles. The molecule has 3 rings (SSSR count). The number of anilines is 4. The van der Waals surface area contributed by atoms with Crippen molar-refractivity contribution in [3.05, 3.63) is 66.6 Å². The zero-order chi connectivity index (χ0) is 19.8. The van der Waals surface area contributed by atoms with E-state index in [1.807, 2.05) is 65.6 Å². The predicted molar refractivity (Wildman–Crippen MR) is 106 cm³/mol. The van der Waals surface area contributed by atoms with Crippen LogP contribution in [0, 0.1) is 22.7 Å². The summed E-state index contributed by atoms with van der Waals surface area (Å²) in [5.74, 6) is 1.49. The van der Waals surface area contributed by atoms with E-state index >= 15 is 0 Å². The van der Waals surface area contributed by atoms with Crippen LogP contribution in [0.2, 0.25) is 0 Å². The minimum absolute atomic E-state index is 0.00349. The second-order valence-electron chi connectivity index (χ2n) is 5.87. The number of rotatable bonds is 7. The molecule has 2 heterocycles. The van der Waals surface area contributed by atoms with Crippen LogP contribution in [0.5, 0.6) is 0 Å². The fraction of sp³-hybridized carbons (Fsp3) is 0.150. The number of aromatic nitrogens is 3. The van der Waals surface area contributed by atoms with Crippen molar-refractivity contribution in [2.24, 2.45) is 0 Å². The number of nitriles is 2. The lowest BCUT2D eigenvalue weighted by Crippen LogP contribution is -2.28. The Morgan fingerprint density at radius 3 is 2.18 bits per heavy atom. The highest BCUT2D eigenvalue weighted by Crippen LogP contribution is 2.33. The maximum atomic E-state index is 9.06. The fourth-order valence-corrected chi connectivity index (χ4v) is 2.76. The van der Waals surface area contributed by atoms with E-state index in [2.05, 4.69) is 15.0 Å². The second kappa shape index (κ2) is 8.97. The first-order valence-electron chi connectivity index (χ1n) is 8.56. The molecule has 0 bridgehead atoms. The van der Waals surface area contributed by atoms with E-state index < -0.39 is 0 Å². The second-order valence-corrected chi connectivity index (χ2v) is 5.87.